The van der Waals surface area contributed by atoms with Gasteiger partial charge in [0.25, 0.3) is 5.78 Å². The van der Waals surface area contributed by atoms with Gasteiger partial charge < -0.3 is 25.4 Å². The molecule has 0 radical (unpaired) electrons. The van der Waals surface area contributed by atoms with Gasteiger partial charge in [-0.1, -0.05) is 54.1 Å². The van der Waals surface area contributed by atoms with E-state index in [1.54, 1.807) is 24.3 Å². The Morgan fingerprint density at radius 1 is 1.00 bits per heavy atom. The van der Waals surface area contributed by atoms with Crippen molar-refractivity contribution in [3.63, 3.8) is 0 Å². The molecule has 0 aromatic heterocycles. The fraction of sp³-hybridized carbons (Fsp3) is 0.484. The molecule has 4 atom stereocenters. The number of aryl methyl sites for hydroxylation is 1. The summed E-state index contributed by atoms with van der Waals surface area (Å²) in [6.45, 7) is 0.544. The molecular formula is C31H41ClN4O8S. The fourth-order valence-electron chi connectivity index (χ4n) is 5.12. The van der Waals surface area contributed by atoms with Crippen LogP contribution >= 0.6 is 11.6 Å². The second kappa shape index (κ2) is 17.4. The van der Waals surface area contributed by atoms with Crippen molar-refractivity contribution >= 4 is 45.2 Å². The molecule has 2 aromatic rings. The topological polar surface area (TPSA) is 174 Å². The molecule has 0 saturated carbocycles. The number of carbonyl (C=O) groups excluding carboxylic acids is 4. The van der Waals surface area contributed by atoms with Gasteiger partial charge in [0.1, 0.15) is 12.1 Å². The maximum Gasteiger partial charge on any atom is 0.376 e. The van der Waals surface area contributed by atoms with Gasteiger partial charge in [-0.3, -0.25) is 14.4 Å². The van der Waals surface area contributed by atoms with Gasteiger partial charge in [0.05, 0.1) is 32.1 Å². The predicted octanol–water partition coefficient (Wildman–Crippen LogP) is 1.73. The summed E-state index contributed by atoms with van der Waals surface area (Å²) in [5.41, 5.74) is 7.32. The number of rotatable bonds is 17. The van der Waals surface area contributed by atoms with Crippen molar-refractivity contribution in [1.82, 2.24) is 14.9 Å². The Morgan fingerprint density at radius 2 is 1.69 bits per heavy atom. The quantitative estimate of drug-likeness (QED) is 0.129. The minimum Gasteiger partial charge on any atom is -0.463 e. The van der Waals surface area contributed by atoms with Crippen LogP contribution in [0.15, 0.2) is 54.6 Å². The molecule has 246 valence electrons. The lowest BCUT2D eigenvalue weighted by molar-refractivity contribution is -0.153. The van der Waals surface area contributed by atoms with Crippen LogP contribution in [0.4, 0.5) is 0 Å². The van der Waals surface area contributed by atoms with Crippen LogP contribution in [0, 0.1) is 0 Å². The smallest absolute Gasteiger partial charge is 0.376 e. The van der Waals surface area contributed by atoms with E-state index in [0.717, 1.165) is 24.5 Å². The van der Waals surface area contributed by atoms with Crippen molar-refractivity contribution in [2.45, 2.75) is 69.4 Å². The van der Waals surface area contributed by atoms with Crippen molar-refractivity contribution in [1.29, 1.82) is 0 Å². The Balaban J connectivity index is 1.86. The lowest BCUT2D eigenvalue weighted by atomic mass is 10.0. The third-order valence-electron chi connectivity index (χ3n) is 7.43. The second-order valence-electron chi connectivity index (χ2n) is 11.0. The van der Waals surface area contributed by atoms with Crippen molar-refractivity contribution < 1.29 is 37.1 Å². The SMILES string of the molecule is COC(=O)C(=O)[C@H](CCCCN)NC(=O)[C@@H]1C[C@@H](OCc2ccc(Cl)cc2)CN1C(=O)[C@@H](CCc1ccccc1)NS(C)(=O)=O. The van der Waals surface area contributed by atoms with Crippen LogP contribution in [0.2, 0.25) is 5.02 Å². The minimum absolute atomic E-state index is 0.000572. The van der Waals surface area contributed by atoms with Crippen molar-refractivity contribution in [2.75, 3.05) is 26.5 Å². The Morgan fingerprint density at radius 3 is 2.31 bits per heavy atom. The standard InChI is InChI=1S/C31H41ClN4O8S/c1-43-31(40)28(37)25(10-6-7-17-33)34-29(38)27-18-24(44-20-22-11-14-23(32)15-12-22)19-36(27)30(39)26(35-45(2,41)42)16-13-21-8-4-3-5-9-21/h3-5,8-9,11-12,14-15,24-27,35H,6-7,10,13,16-20,33H2,1-2H3,(H,34,38)/t24-,25+,26-,27+/m1/s1. The molecule has 1 heterocycles. The maximum absolute atomic E-state index is 14.0. The van der Waals surface area contributed by atoms with Crippen LogP contribution in [-0.4, -0.2) is 87.6 Å². The molecule has 3 rings (SSSR count). The van der Waals surface area contributed by atoms with Gasteiger partial charge >= 0.3 is 5.97 Å². The number of methoxy groups -OCH3 is 1. The molecule has 1 saturated heterocycles. The number of benzene rings is 2. The summed E-state index contributed by atoms with van der Waals surface area (Å²) in [5, 5.41) is 3.20. The third-order valence-corrected chi connectivity index (χ3v) is 8.40. The first kappa shape index (κ1) is 36.1. The number of sulfonamides is 1. The molecule has 2 aromatic carbocycles. The highest BCUT2D eigenvalue weighted by Crippen LogP contribution is 2.25. The molecule has 0 unspecified atom stereocenters. The number of ketones is 1. The zero-order chi connectivity index (χ0) is 33.0. The van der Waals surface area contributed by atoms with Crippen molar-refractivity contribution in [2.24, 2.45) is 5.73 Å². The van der Waals surface area contributed by atoms with Gasteiger partial charge in [0, 0.05) is 18.0 Å². The largest absolute Gasteiger partial charge is 0.463 e. The number of esters is 1. The average molecular weight is 665 g/mol. The molecule has 2 amide bonds. The zero-order valence-electron chi connectivity index (χ0n) is 25.4. The van der Waals surface area contributed by atoms with Crippen LogP contribution < -0.4 is 15.8 Å². The first-order valence-electron chi connectivity index (χ1n) is 14.7. The van der Waals surface area contributed by atoms with Crippen LogP contribution in [0.5, 0.6) is 0 Å². The highest BCUT2D eigenvalue weighted by Gasteiger charge is 2.43. The summed E-state index contributed by atoms with van der Waals surface area (Å²) in [4.78, 5) is 53.8. The number of nitrogens with two attached hydrogens (primary N) is 1. The number of nitrogens with zero attached hydrogens (tertiary/aromatic N) is 1. The van der Waals surface area contributed by atoms with Crippen LogP contribution in [0.1, 0.15) is 43.2 Å². The number of carbonyl (C=O) groups is 4. The summed E-state index contributed by atoms with van der Waals surface area (Å²) in [6, 6.07) is 12.9. The molecule has 12 nitrogen and oxygen atoms in total. The van der Waals surface area contributed by atoms with Crippen LogP contribution in [0.25, 0.3) is 0 Å². The Hall–Kier alpha value is -3.36. The van der Waals surface area contributed by atoms with E-state index >= 15 is 0 Å². The van der Waals surface area contributed by atoms with E-state index in [1.807, 2.05) is 30.3 Å². The number of Topliss-reactive ketones (excluding diaryl/α,β-unsaturated/α-hetero) is 1. The van der Waals surface area contributed by atoms with Gasteiger partial charge in [-0.25, -0.2) is 17.9 Å². The molecule has 4 N–H and O–H groups in total. The normalized spacial score (nSPS) is 17.8. The van der Waals surface area contributed by atoms with Gasteiger partial charge in [0.15, 0.2) is 0 Å². The van der Waals surface area contributed by atoms with Crippen molar-refractivity contribution in [3.8, 4) is 0 Å². The first-order chi connectivity index (χ1) is 21.4. The number of nitrogens with one attached hydrogen (secondary N) is 2. The highest BCUT2D eigenvalue weighted by atomic mass is 35.5. The minimum atomic E-state index is -3.81. The molecule has 0 aliphatic carbocycles. The molecular weight excluding hydrogens is 624 g/mol. The number of ether oxygens (including phenoxy) is 2. The van der Waals surface area contributed by atoms with Gasteiger partial charge in [0.2, 0.25) is 21.8 Å². The molecule has 45 heavy (non-hydrogen) atoms. The number of amides is 2. The third kappa shape index (κ3) is 11.5. The Kier molecular flexibility index (Phi) is 13.9. The zero-order valence-corrected chi connectivity index (χ0v) is 27.0. The molecule has 14 heteroatoms. The van der Waals surface area contributed by atoms with E-state index in [9.17, 15) is 27.6 Å². The van der Waals surface area contributed by atoms with Crippen LogP contribution in [-0.2, 0) is 51.7 Å². The van der Waals surface area contributed by atoms with Gasteiger partial charge in [-0.2, -0.15) is 0 Å². The molecule has 1 aliphatic heterocycles. The summed E-state index contributed by atoms with van der Waals surface area (Å²) >= 11 is 5.98. The van der Waals surface area contributed by atoms with E-state index in [-0.39, 0.29) is 32.4 Å². The Bertz CT molecular complexity index is 1410. The second-order valence-corrected chi connectivity index (χ2v) is 13.2. The summed E-state index contributed by atoms with van der Waals surface area (Å²) < 4.78 is 37.7. The summed E-state index contributed by atoms with van der Waals surface area (Å²) in [6.07, 6.45) is 2.17. The number of unbranched alkanes of at least 4 members (excludes halogenated alkanes) is 1. The monoisotopic (exact) mass is 664 g/mol. The highest BCUT2D eigenvalue weighted by molar-refractivity contribution is 7.88. The van der Waals surface area contributed by atoms with E-state index < -0.39 is 57.8 Å². The average Bonchev–Trinajstić information content (AvgIpc) is 3.45. The first-order valence-corrected chi connectivity index (χ1v) is 17.0. The summed E-state index contributed by atoms with van der Waals surface area (Å²) in [7, 11) is -2.73. The summed E-state index contributed by atoms with van der Waals surface area (Å²) in [5.74, 6) is -3.30. The molecule has 1 aliphatic rings. The lowest BCUT2D eigenvalue weighted by Gasteiger charge is -2.29. The maximum atomic E-state index is 14.0. The molecule has 1 fully saturated rings. The predicted molar refractivity (Wildman–Crippen MR) is 169 cm³/mol. The number of hydrogen-bond donors (Lipinski definition) is 3. The molecule has 0 spiro atoms. The number of likely N-dealkylation sites (tertiary alicyclic amines) is 1. The number of halogens is 1. The van der Waals surface area contributed by atoms with Gasteiger partial charge in [-0.05, 0) is 61.9 Å². The molecule has 0 bridgehead atoms. The van der Waals surface area contributed by atoms with E-state index in [2.05, 4.69) is 14.8 Å². The Labute approximate surface area is 269 Å². The van der Waals surface area contributed by atoms with Gasteiger partial charge in [-0.15, -0.1) is 0 Å². The van der Waals surface area contributed by atoms with E-state index in [0.29, 0.717) is 30.8 Å². The lowest BCUT2D eigenvalue weighted by Crippen LogP contribution is -2.55. The fourth-order valence-corrected chi connectivity index (χ4v) is 5.99. The van der Waals surface area contributed by atoms with Crippen LogP contribution in [0.3, 0.4) is 0 Å². The van der Waals surface area contributed by atoms with Crippen molar-refractivity contribution in [3.05, 3.63) is 70.7 Å². The van der Waals surface area contributed by atoms with E-state index in [4.69, 9.17) is 22.1 Å². The number of hydrogen-bond acceptors (Lipinski definition) is 9. The van der Waals surface area contributed by atoms with E-state index in [1.165, 1.54) is 4.90 Å².